The number of nitrogens with zero attached hydrogens (tertiary/aromatic N) is 1. The Labute approximate surface area is 112 Å². The van der Waals surface area contributed by atoms with Crippen LogP contribution in [0.25, 0.3) is 0 Å². The van der Waals surface area contributed by atoms with E-state index in [4.69, 9.17) is 23.8 Å². The first-order valence-corrected chi connectivity index (χ1v) is 5.87. The summed E-state index contributed by atoms with van der Waals surface area (Å²) in [5, 5.41) is 8.26. The minimum Gasteiger partial charge on any atom is -0.358 e. The first-order chi connectivity index (χ1) is 8.13. The number of rotatable bonds is 4. The fraction of sp³-hybridized carbons (Fsp3) is 0.167. The third kappa shape index (κ3) is 4.97. The second-order valence-electron chi connectivity index (χ2n) is 3.31. The molecule has 0 saturated carbocycles. The summed E-state index contributed by atoms with van der Waals surface area (Å²) in [6.45, 7) is 6.09. The molecule has 0 aromatic heterocycles. The number of hydrogen-bond donors (Lipinski definition) is 2. The quantitative estimate of drug-likeness (QED) is 0.381. The molecule has 1 rings (SSSR count). The molecule has 0 aliphatic heterocycles. The van der Waals surface area contributed by atoms with Gasteiger partial charge in [-0.3, -0.25) is 5.43 Å². The summed E-state index contributed by atoms with van der Waals surface area (Å²) < 4.78 is 0. The minimum absolute atomic E-state index is 0.471. The molecule has 0 spiro atoms. The summed E-state index contributed by atoms with van der Waals surface area (Å²) in [5.74, 6) is 0. The number of hydrogen-bond acceptors (Lipinski definition) is 2. The summed E-state index contributed by atoms with van der Waals surface area (Å²) >= 11 is 10.8. The molecule has 0 bridgehead atoms. The molecule has 0 aliphatic carbocycles. The van der Waals surface area contributed by atoms with Gasteiger partial charge in [0, 0.05) is 11.6 Å². The van der Waals surface area contributed by atoms with E-state index >= 15 is 0 Å². The van der Waals surface area contributed by atoms with Crippen LogP contribution in [0.15, 0.2) is 42.0 Å². The Morgan fingerprint density at radius 1 is 1.47 bits per heavy atom. The Morgan fingerprint density at radius 2 is 2.12 bits per heavy atom. The highest BCUT2D eigenvalue weighted by Crippen LogP contribution is 2.09. The molecule has 1 aromatic carbocycles. The number of halogens is 1. The van der Waals surface area contributed by atoms with Crippen LogP contribution in [-0.2, 0) is 0 Å². The number of nitrogens with one attached hydrogen (secondary N) is 2. The van der Waals surface area contributed by atoms with E-state index in [2.05, 4.69) is 22.4 Å². The van der Waals surface area contributed by atoms with Crippen LogP contribution < -0.4 is 10.7 Å². The van der Waals surface area contributed by atoms with E-state index < -0.39 is 0 Å². The van der Waals surface area contributed by atoms with Crippen molar-refractivity contribution in [2.24, 2.45) is 5.10 Å². The van der Waals surface area contributed by atoms with Crippen LogP contribution >= 0.6 is 23.8 Å². The SMILES string of the molecule is C=CCNC(=S)NN=C(C)c1ccc(Cl)cc1. The summed E-state index contributed by atoms with van der Waals surface area (Å²) in [6.07, 6.45) is 1.73. The Hall–Kier alpha value is -1.39. The maximum absolute atomic E-state index is 5.81. The van der Waals surface area contributed by atoms with Gasteiger partial charge in [0.1, 0.15) is 0 Å². The maximum atomic E-state index is 5.81. The first kappa shape index (κ1) is 13.7. The zero-order valence-electron chi connectivity index (χ0n) is 9.53. The standard InChI is InChI=1S/C12H14ClN3S/c1-3-8-14-12(17)16-15-9(2)10-4-6-11(13)7-5-10/h3-7H,1,8H2,2H3,(H2,14,16,17). The Morgan fingerprint density at radius 3 is 2.71 bits per heavy atom. The topological polar surface area (TPSA) is 36.4 Å². The van der Waals surface area contributed by atoms with Crippen molar-refractivity contribution in [1.29, 1.82) is 0 Å². The maximum Gasteiger partial charge on any atom is 0.187 e. The molecule has 90 valence electrons. The lowest BCUT2D eigenvalue weighted by molar-refractivity contribution is 0.936. The molecule has 3 nitrogen and oxygen atoms in total. The predicted molar refractivity (Wildman–Crippen MR) is 77.6 cm³/mol. The van der Waals surface area contributed by atoms with Gasteiger partial charge in [0.05, 0.1) is 5.71 Å². The first-order valence-electron chi connectivity index (χ1n) is 5.08. The molecule has 0 aliphatic rings. The van der Waals surface area contributed by atoms with Crippen LogP contribution in [0.1, 0.15) is 12.5 Å². The second kappa shape index (κ2) is 7.04. The highest BCUT2D eigenvalue weighted by atomic mass is 35.5. The van der Waals surface area contributed by atoms with Gasteiger partial charge in [-0.15, -0.1) is 6.58 Å². The lowest BCUT2D eigenvalue weighted by Gasteiger charge is -2.05. The molecule has 17 heavy (non-hydrogen) atoms. The van der Waals surface area contributed by atoms with Gasteiger partial charge in [0.25, 0.3) is 0 Å². The van der Waals surface area contributed by atoms with E-state index in [1.165, 1.54) is 0 Å². The molecule has 2 N–H and O–H groups in total. The molecule has 0 fully saturated rings. The van der Waals surface area contributed by atoms with Crippen LogP contribution in [0.5, 0.6) is 0 Å². The van der Waals surface area contributed by atoms with E-state index in [1.54, 1.807) is 6.08 Å². The average Bonchev–Trinajstić information content (AvgIpc) is 2.34. The van der Waals surface area contributed by atoms with Gasteiger partial charge in [-0.25, -0.2) is 0 Å². The zero-order valence-corrected chi connectivity index (χ0v) is 11.1. The van der Waals surface area contributed by atoms with E-state index in [1.807, 2.05) is 31.2 Å². The third-order valence-corrected chi connectivity index (χ3v) is 2.48. The van der Waals surface area contributed by atoms with Gasteiger partial charge in [0.15, 0.2) is 5.11 Å². The highest BCUT2D eigenvalue weighted by molar-refractivity contribution is 7.80. The van der Waals surface area contributed by atoms with Gasteiger partial charge < -0.3 is 5.32 Å². The molecular weight excluding hydrogens is 254 g/mol. The van der Waals surface area contributed by atoms with Crippen molar-refractivity contribution >= 4 is 34.6 Å². The molecular formula is C12H14ClN3S. The number of hydrazone groups is 1. The second-order valence-corrected chi connectivity index (χ2v) is 4.16. The molecule has 1 aromatic rings. The van der Waals surface area contributed by atoms with Crippen molar-refractivity contribution in [3.8, 4) is 0 Å². The average molecular weight is 268 g/mol. The molecule has 0 unspecified atom stereocenters. The molecule has 0 saturated heterocycles. The third-order valence-electron chi connectivity index (χ3n) is 1.99. The normalized spacial score (nSPS) is 10.8. The Bertz CT molecular complexity index is 426. The van der Waals surface area contributed by atoms with Crippen LogP contribution in [0.4, 0.5) is 0 Å². The molecule has 0 heterocycles. The van der Waals surface area contributed by atoms with Gasteiger partial charge in [0.2, 0.25) is 0 Å². The van der Waals surface area contributed by atoms with Crippen LogP contribution in [0.2, 0.25) is 5.02 Å². The fourth-order valence-corrected chi connectivity index (χ4v) is 1.35. The largest absolute Gasteiger partial charge is 0.358 e. The van der Waals surface area contributed by atoms with E-state index in [0.29, 0.717) is 16.7 Å². The Balaban J connectivity index is 2.57. The number of benzene rings is 1. The van der Waals surface area contributed by atoms with Crippen molar-refractivity contribution in [2.75, 3.05) is 6.54 Å². The van der Waals surface area contributed by atoms with Crippen molar-refractivity contribution in [2.45, 2.75) is 6.92 Å². The molecule has 0 atom stereocenters. The van der Waals surface area contributed by atoms with Crippen LogP contribution in [0.3, 0.4) is 0 Å². The van der Waals surface area contributed by atoms with Crippen molar-refractivity contribution in [3.63, 3.8) is 0 Å². The van der Waals surface area contributed by atoms with Crippen molar-refractivity contribution in [1.82, 2.24) is 10.7 Å². The zero-order chi connectivity index (χ0) is 12.7. The van der Waals surface area contributed by atoms with Gasteiger partial charge in [-0.1, -0.05) is 29.8 Å². The molecule has 0 amide bonds. The number of thiocarbonyl (C=S) groups is 1. The van der Waals surface area contributed by atoms with Gasteiger partial charge in [-0.05, 0) is 36.8 Å². The summed E-state index contributed by atoms with van der Waals surface area (Å²) in [7, 11) is 0. The van der Waals surface area contributed by atoms with Gasteiger partial charge >= 0.3 is 0 Å². The Kier molecular flexibility index (Phi) is 5.66. The summed E-state index contributed by atoms with van der Waals surface area (Å²) in [6, 6.07) is 7.46. The van der Waals surface area contributed by atoms with Crippen molar-refractivity contribution < 1.29 is 0 Å². The van der Waals surface area contributed by atoms with Gasteiger partial charge in [-0.2, -0.15) is 5.10 Å². The molecule has 5 heteroatoms. The van der Waals surface area contributed by atoms with Crippen LogP contribution in [-0.4, -0.2) is 17.4 Å². The van der Waals surface area contributed by atoms with E-state index in [9.17, 15) is 0 Å². The van der Waals surface area contributed by atoms with Crippen molar-refractivity contribution in [3.05, 3.63) is 47.5 Å². The highest BCUT2D eigenvalue weighted by Gasteiger charge is 1.97. The lowest BCUT2D eigenvalue weighted by Crippen LogP contribution is -2.32. The minimum atomic E-state index is 0.471. The van der Waals surface area contributed by atoms with Crippen LogP contribution in [0, 0.1) is 0 Å². The van der Waals surface area contributed by atoms with E-state index in [0.717, 1.165) is 11.3 Å². The fourth-order valence-electron chi connectivity index (χ4n) is 1.09. The molecule has 0 radical (unpaired) electrons. The summed E-state index contributed by atoms with van der Waals surface area (Å²) in [4.78, 5) is 0. The smallest absolute Gasteiger partial charge is 0.187 e. The monoisotopic (exact) mass is 267 g/mol. The van der Waals surface area contributed by atoms with E-state index in [-0.39, 0.29) is 0 Å². The lowest BCUT2D eigenvalue weighted by atomic mass is 10.1. The summed E-state index contributed by atoms with van der Waals surface area (Å²) in [5.41, 5.74) is 4.59. The predicted octanol–water partition coefficient (Wildman–Crippen LogP) is 2.71.